The molecule has 1 unspecified atom stereocenters. The Morgan fingerprint density at radius 1 is 0.964 bits per heavy atom. The van der Waals surface area contributed by atoms with Crippen LogP contribution in [0.2, 0.25) is 0 Å². The molecule has 2 fully saturated rings. The van der Waals surface area contributed by atoms with Gasteiger partial charge in [-0.2, -0.15) is 0 Å². The molecule has 28 heavy (non-hydrogen) atoms. The molecule has 1 N–H and O–H groups in total. The van der Waals surface area contributed by atoms with Crippen LogP contribution in [0.5, 0.6) is 0 Å². The van der Waals surface area contributed by atoms with Gasteiger partial charge < -0.3 is 14.7 Å². The van der Waals surface area contributed by atoms with E-state index in [0.717, 1.165) is 74.5 Å². The third kappa shape index (κ3) is 4.43. The lowest BCUT2D eigenvalue weighted by atomic mass is 9.99. The normalized spacial score (nSPS) is 19.0. The van der Waals surface area contributed by atoms with Gasteiger partial charge in [0.2, 0.25) is 0 Å². The molecule has 5 nitrogen and oxygen atoms in total. The number of benzene rings is 2. The van der Waals surface area contributed by atoms with Crippen LogP contribution in [0.15, 0.2) is 48.5 Å². The molecule has 2 saturated heterocycles. The Balaban J connectivity index is 1.44. The zero-order valence-electron chi connectivity index (χ0n) is 16.2. The second kappa shape index (κ2) is 8.86. The summed E-state index contributed by atoms with van der Waals surface area (Å²) in [5.41, 5.74) is 3.74. The van der Waals surface area contributed by atoms with Crippen molar-refractivity contribution in [3.8, 4) is 11.1 Å². The van der Waals surface area contributed by atoms with Crippen LogP contribution in [-0.4, -0.2) is 66.8 Å². The van der Waals surface area contributed by atoms with Crippen molar-refractivity contribution >= 4 is 5.91 Å². The van der Waals surface area contributed by atoms with Crippen LogP contribution in [0.4, 0.5) is 0 Å². The number of amides is 1. The van der Waals surface area contributed by atoms with Gasteiger partial charge in [0.25, 0.3) is 5.91 Å². The van der Waals surface area contributed by atoms with E-state index < -0.39 is 6.10 Å². The highest BCUT2D eigenvalue weighted by atomic mass is 16.5. The number of nitrogens with zero attached hydrogens (tertiary/aromatic N) is 2. The summed E-state index contributed by atoms with van der Waals surface area (Å²) < 4.78 is 5.36. The molecule has 2 aromatic carbocycles. The van der Waals surface area contributed by atoms with Gasteiger partial charge in [0.1, 0.15) is 0 Å². The zero-order chi connectivity index (χ0) is 19.3. The molecule has 1 amide bonds. The van der Waals surface area contributed by atoms with E-state index in [9.17, 15) is 9.90 Å². The minimum Gasteiger partial charge on any atom is -0.387 e. The molecule has 2 aliphatic rings. The number of β-amino-alcohol motifs (C(OH)–C–C–N with tert-alkyl or cyclic N) is 1. The first-order valence-corrected chi connectivity index (χ1v) is 10.2. The van der Waals surface area contributed by atoms with Gasteiger partial charge in [-0.3, -0.25) is 9.69 Å². The Morgan fingerprint density at radius 3 is 2.39 bits per heavy atom. The number of hydrogen-bond acceptors (Lipinski definition) is 4. The Labute approximate surface area is 166 Å². The Bertz CT molecular complexity index is 794. The smallest absolute Gasteiger partial charge is 0.253 e. The summed E-state index contributed by atoms with van der Waals surface area (Å²) >= 11 is 0. The average molecular weight is 380 g/mol. The van der Waals surface area contributed by atoms with Gasteiger partial charge in [0, 0.05) is 38.3 Å². The second-order valence-electron chi connectivity index (χ2n) is 7.63. The number of aliphatic hydroxyl groups is 1. The van der Waals surface area contributed by atoms with Gasteiger partial charge in [0.05, 0.1) is 19.3 Å². The molecule has 0 aliphatic carbocycles. The van der Waals surface area contributed by atoms with E-state index >= 15 is 0 Å². The lowest BCUT2D eigenvalue weighted by molar-refractivity contribution is 0.0143. The Hall–Kier alpha value is -2.21. The SMILES string of the molecule is O=C(c1cccc(-c2ccc(C(O)CN3CCOCC3)cc2)c1)N1CCCC1. The van der Waals surface area contributed by atoms with Crippen LogP contribution in [0.1, 0.15) is 34.9 Å². The summed E-state index contributed by atoms with van der Waals surface area (Å²) in [4.78, 5) is 16.8. The van der Waals surface area contributed by atoms with Crippen LogP contribution >= 0.6 is 0 Å². The van der Waals surface area contributed by atoms with Crippen molar-refractivity contribution in [2.75, 3.05) is 45.9 Å². The molecule has 2 aliphatic heterocycles. The van der Waals surface area contributed by atoms with Gasteiger partial charge in [0.15, 0.2) is 0 Å². The molecule has 0 aromatic heterocycles. The van der Waals surface area contributed by atoms with Crippen molar-refractivity contribution in [2.45, 2.75) is 18.9 Å². The summed E-state index contributed by atoms with van der Waals surface area (Å²) in [6.45, 7) is 5.55. The quantitative estimate of drug-likeness (QED) is 0.867. The lowest BCUT2D eigenvalue weighted by Gasteiger charge is -2.28. The largest absolute Gasteiger partial charge is 0.387 e. The number of aliphatic hydroxyl groups excluding tert-OH is 1. The summed E-state index contributed by atoms with van der Waals surface area (Å²) in [6, 6.07) is 15.9. The Kier molecular flexibility index (Phi) is 6.05. The minimum absolute atomic E-state index is 0.122. The summed E-state index contributed by atoms with van der Waals surface area (Å²) in [5.74, 6) is 0.122. The summed E-state index contributed by atoms with van der Waals surface area (Å²) in [6.07, 6.45) is 1.69. The van der Waals surface area contributed by atoms with Crippen molar-refractivity contribution in [2.24, 2.45) is 0 Å². The first-order valence-electron chi connectivity index (χ1n) is 10.2. The number of rotatable bonds is 5. The van der Waals surface area contributed by atoms with Gasteiger partial charge in [-0.05, 0) is 41.7 Å². The molecule has 5 heteroatoms. The second-order valence-corrected chi connectivity index (χ2v) is 7.63. The van der Waals surface area contributed by atoms with Crippen LogP contribution in [-0.2, 0) is 4.74 Å². The number of carbonyl (C=O) groups excluding carboxylic acids is 1. The fourth-order valence-corrected chi connectivity index (χ4v) is 3.97. The van der Waals surface area contributed by atoms with E-state index in [1.54, 1.807) is 0 Å². The maximum absolute atomic E-state index is 12.6. The molecule has 0 radical (unpaired) electrons. The first-order chi connectivity index (χ1) is 13.7. The number of hydrogen-bond donors (Lipinski definition) is 1. The Morgan fingerprint density at radius 2 is 1.68 bits per heavy atom. The zero-order valence-corrected chi connectivity index (χ0v) is 16.2. The van der Waals surface area contributed by atoms with Gasteiger partial charge in [-0.25, -0.2) is 0 Å². The topological polar surface area (TPSA) is 53.0 Å². The fourth-order valence-electron chi connectivity index (χ4n) is 3.97. The van der Waals surface area contributed by atoms with Crippen LogP contribution in [0, 0.1) is 0 Å². The van der Waals surface area contributed by atoms with E-state index in [1.807, 2.05) is 53.4 Å². The van der Waals surface area contributed by atoms with E-state index in [4.69, 9.17) is 4.74 Å². The van der Waals surface area contributed by atoms with E-state index in [1.165, 1.54) is 0 Å². The van der Waals surface area contributed by atoms with Gasteiger partial charge in [-0.1, -0.05) is 36.4 Å². The highest BCUT2D eigenvalue weighted by Gasteiger charge is 2.20. The van der Waals surface area contributed by atoms with E-state index in [0.29, 0.717) is 6.54 Å². The predicted molar refractivity (Wildman–Crippen MR) is 109 cm³/mol. The third-order valence-corrected chi connectivity index (χ3v) is 5.67. The molecule has 148 valence electrons. The van der Waals surface area contributed by atoms with Crippen molar-refractivity contribution in [3.05, 3.63) is 59.7 Å². The minimum atomic E-state index is -0.504. The highest BCUT2D eigenvalue weighted by molar-refractivity contribution is 5.95. The predicted octanol–water partition coefficient (Wildman–Crippen LogP) is 2.96. The van der Waals surface area contributed by atoms with E-state index in [2.05, 4.69) is 4.90 Å². The van der Waals surface area contributed by atoms with Gasteiger partial charge >= 0.3 is 0 Å². The molecule has 4 rings (SSSR count). The lowest BCUT2D eigenvalue weighted by Crippen LogP contribution is -2.38. The molecule has 0 bridgehead atoms. The standard InChI is InChI=1S/C23H28N2O3/c26-22(17-24-12-14-28-15-13-24)19-8-6-18(7-9-19)20-4-3-5-21(16-20)23(27)25-10-1-2-11-25/h3-9,16,22,26H,1-2,10-15,17H2. The van der Waals surface area contributed by atoms with Crippen molar-refractivity contribution < 1.29 is 14.6 Å². The first kappa shape index (κ1) is 19.1. The monoisotopic (exact) mass is 380 g/mol. The van der Waals surface area contributed by atoms with Crippen molar-refractivity contribution in [1.82, 2.24) is 9.80 Å². The molecule has 0 saturated carbocycles. The molecule has 2 heterocycles. The van der Waals surface area contributed by atoms with E-state index in [-0.39, 0.29) is 5.91 Å². The molecular weight excluding hydrogens is 352 g/mol. The average Bonchev–Trinajstić information content (AvgIpc) is 3.29. The van der Waals surface area contributed by atoms with Crippen LogP contribution in [0.3, 0.4) is 0 Å². The number of likely N-dealkylation sites (tertiary alicyclic amines) is 1. The molecular formula is C23H28N2O3. The summed E-state index contributed by atoms with van der Waals surface area (Å²) in [5, 5.41) is 10.5. The van der Waals surface area contributed by atoms with Crippen molar-refractivity contribution in [3.63, 3.8) is 0 Å². The fraction of sp³-hybridized carbons (Fsp3) is 0.435. The molecule has 0 spiro atoms. The number of carbonyl (C=O) groups is 1. The van der Waals surface area contributed by atoms with Gasteiger partial charge in [-0.15, -0.1) is 0 Å². The highest BCUT2D eigenvalue weighted by Crippen LogP contribution is 2.24. The number of ether oxygens (including phenoxy) is 1. The molecule has 2 aromatic rings. The number of morpholine rings is 1. The van der Waals surface area contributed by atoms with Crippen LogP contribution in [0.25, 0.3) is 11.1 Å². The third-order valence-electron chi connectivity index (χ3n) is 5.67. The molecule has 1 atom stereocenters. The maximum atomic E-state index is 12.6. The van der Waals surface area contributed by atoms with Crippen LogP contribution < -0.4 is 0 Å². The van der Waals surface area contributed by atoms with Crippen molar-refractivity contribution in [1.29, 1.82) is 0 Å². The maximum Gasteiger partial charge on any atom is 0.253 e. The summed E-state index contributed by atoms with van der Waals surface area (Å²) in [7, 11) is 0.